The normalized spacial score (nSPS) is 20.7. The lowest BCUT2D eigenvalue weighted by Crippen LogP contribution is -2.37. The van der Waals surface area contributed by atoms with Crippen molar-refractivity contribution in [2.75, 3.05) is 38.2 Å². The molecule has 2 heterocycles. The van der Waals surface area contributed by atoms with E-state index < -0.39 is 0 Å². The minimum absolute atomic E-state index is 0.171. The zero-order chi connectivity index (χ0) is 17.5. The second kappa shape index (κ2) is 8.45. The van der Waals surface area contributed by atoms with Gasteiger partial charge in [0, 0.05) is 49.2 Å². The Hall–Kier alpha value is -1.91. The average molecular weight is 339 g/mol. The zero-order valence-corrected chi connectivity index (χ0v) is 15.4. The highest BCUT2D eigenvalue weighted by Gasteiger charge is 2.38. The van der Waals surface area contributed by atoms with Crippen LogP contribution in [-0.2, 0) is 11.3 Å². The van der Waals surface area contributed by atoms with Crippen molar-refractivity contribution in [1.29, 1.82) is 0 Å². The standard InChI is InChI=1S/C21H29N3O/c1-3-25-17-21(15-23-20-7-5-4-6-8-20)11-12-24(16-21)14-19-10-9-18(2)22-13-19/h4-10,13,23H,3,11-12,14-17H2,1-2H3/t21-/m0/s1. The average Bonchev–Trinajstić information content (AvgIpc) is 3.04. The van der Waals surface area contributed by atoms with E-state index >= 15 is 0 Å². The summed E-state index contributed by atoms with van der Waals surface area (Å²) in [6.45, 7) is 9.76. The number of nitrogens with one attached hydrogen (secondary N) is 1. The predicted molar refractivity (Wildman–Crippen MR) is 103 cm³/mol. The number of rotatable bonds is 8. The summed E-state index contributed by atoms with van der Waals surface area (Å²) < 4.78 is 5.84. The third kappa shape index (κ3) is 5.03. The minimum Gasteiger partial charge on any atom is -0.384 e. The van der Waals surface area contributed by atoms with Crippen molar-refractivity contribution in [3.63, 3.8) is 0 Å². The molecule has 1 aromatic carbocycles. The molecule has 0 amide bonds. The Bertz CT molecular complexity index is 644. The van der Waals surface area contributed by atoms with Gasteiger partial charge in [0.2, 0.25) is 0 Å². The number of pyridine rings is 1. The van der Waals surface area contributed by atoms with Gasteiger partial charge in [-0.3, -0.25) is 9.88 Å². The molecule has 1 aliphatic rings. The number of hydrogen-bond donors (Lipinski definition) is 1. The van der Waals surface area contributed by atoms with E-state index in [9.17, 15) is 0 Å². The van der Waals surface area contributed by atoms with Crippen molar-refractivity contribution in [3.05, 3.63) is 59.9 Å². The second-order valence-corrected chi connectivity index (χ2v) is 7.13. The molecule has 0 radical (unpaired) electrons. The van der Waals surface area contributed by atoms with Crippen molar-refractivity contribution >= 4 is 5.69 Å². The summed E-state index contributed by atoms with van der Waals surface area (Å²) in [6, 6.07) is 14.7. The summed E-state index contributed by atoms with van der Waals surface area (Å²) in [5, 5.41) is 3.61. The summed E-state index contributed by atoms with van der Waals surface area (Å²) in [6.07, 6.45) is 3.16. The lowest BCUT2D eigenvalue weighted by molar-refractivity contribution is 0.0612. The fraction of sp³-hybridized carbons (Fsp3) is 0.476. The molecule has 1 aromatic heterocycles. The maximum Gasteiger partial charge on any atom is 0.0551 e. The summed E-state index contributed by atoms with van der Waals surface area (Å²) in [5.74, 6) is 0. The molecule has 0 aliphatic carbocycles. The summed E-state index contributed by atoms with van der Waals surface area (Å²) >= 11 is 0. The van der Waals surface area contributed by atoms with E-state index in [1.54, 1.807) is 0 Å². The molecule has 134 valence electrons. The third-order valence-electron chi connectivity index (χ3n) is 4.95. The lowest BCUT2D eigenvalue weighted by atomic mass is 9.88. The Morgan fingerprint density at radius 2 is 2.04 bits per heavy atom. The molecule has 0 saturated carbocycles. The van der Waals surface area contributed by atoms with E-state index in [0.717, 1.165) is 51.5 Å². The first kappa shape index (κ1) is 17.9. The van der Waals surface area contributed by atoms with Gasteiger partial charge < -0.3 is 10.1 Å². The predicted octanol–water partition coefficient (Wildman–Crippen LogP) is 3.73. The first-order valence-corrected chi connectivity index (χ1v) is 9.20. The van der Waals surface area contributed by atoms with Crippen LogP contribution in [0.2, 0.25) is 0 Å². The molecule has 1 saturated heterocycles. The molecule has 3 rings (SSSR count). The SMILES string of the molecule is CCOC[C@]1(CNc2ccccc2)CCN(Cc2ccc(C)nc2)C1. The highest BCUT2D eigenvalue weighted by atomic mass is 16.5. The maximum atomic E-state index is 5.84. The summed E-state index contributed by atoms with van der Waals surface area (Å²) in [4.78, 5) is 6.95. The fourth-order valence-corrected chi connectivity index (χ4v) is 3.49. The number of ether oxygens (including phenoxy) is 1. The van der Waals surface area contributed by atoms with Gasteiger partial charge >= 0.3 is 0 Å². The first-order valence-electron chi connectivity index (χ1n) is 9.20. The van der Waals surface area contributed by atoms with Crippen LogP contribution in [0.15, 0.2) is 48.7 Å². The number of para-hydroxylation sites is 1. The maximum absolute atomic E-state index is 5.84. The second-order valence-electron chi connectivity index (χ2n) is 7.13. The molecule has 25 heavy (non-hydrogen) atoms. The van der Waals surface area contributed by atoms with Crippen molar-refractivity contribution < 1.29 is 4.74 Å². The van der Waals surface area contributed by atoms with Crippen molar-refractivity contribution in [1.82, 2.24) is 9.88 Å². The van der Waals surface area contributed by atoms with Crippen LogP contribution in [0.25, 0.3) is 0 Å². The Morgan fingerprint density at radius 1 is 1.20 bits per heavy atom. The molecule has 1 fully saturated rings. The molecule has 4 heteroatoms. The molecule has 2 aromatic rings. The Kier molecular flexibility index (Phi) is 6.05. The Morgan fingerprint density at radius 3 is 2.76 bits per heavy atom. The van der Waals surface area contributed by atoms with Crippen molar-refractivity contribution in [2.24, 2.45) is 5.41 Å². The summed E-state index contributed by atoms with van der Waals surface area (Å²) in [5.41, 5.74) is 3.71. The van der Waals surface area contributed by atoms with Crippen LogP contribution < -0.4 is 5.32 Å². The quantitative estimate of drug-likeness (QED) is 0.795. The van der Waals surface area contributed by atoms with Crippen LogP contribution in [0.3, 0.4) is 0 Å². The zero-order valence-electron chi connectivity index (χ0n) is 15.4. The van der Waals surface area contributed by atoms with Gasteiger partial charge in [-0.25, -0.2) is 0 Å². The van der Waals surface area contributed by atoms with Gasteiger partial charge in [0.25, 0.3) is 0 Å². The van der Waals surface area contributed by atoms with E-state index in [2.05, 4.69) is 58.5 Å². The third-order valence-corrected chi connectivity index (χ3v) is 4.95. The number of hydrogen-bond acceptors (Lipinski definition) is 4. The molecular formula is C21H29N3O. The molecule has 1 atom stereocenters. The van der Waals surface area contributed by atoms with Crippen molar-refractivity contribution in [2.45, 2.75) is 26.8 Å². The van der Waals surface area contributed by atoms with Gasteiger partial charge in [-0.1, -0.05) is 24.3 Å². The molecule has 0 unspecified atom stereocenters. The van der Waals surface area contributed by atoms with E-state index in [1.165, 1.54) is 11.3 Å². The van der Waals surface area contributed by atoms with Crippen LogP contribution in [0.4, 0.5) is 5.69 Å². The molecule has 1 aliphatic heterocycles. The number of aryl methyl sites for hydroxylation is 1. The van der Waals surface area contributed by atoms with Gasteiger partial charge in [-0.2, -0.15) is 0 Å². The molecular weight excluding hydrogens is 310 g/mol. The monoisotopic (exact) mass is 339 g/mol. The van der Waals surface area contributed by atoms with Crippen LogP contribution in [-0.4, -0.2) is 42.7 Å². The van der Waals surface area contributed by atoms with E-state index in [4.69, 9.17) is 4.74 Å². The highest BCUT2D eigenvalue weighted by Crippen LogP contribution is 2.32. The largest absolute Gasteiger partial charge is 0.384 e. The van der Waals surface area contributed by atoms with E-state index in [-0.39, 0.29) is 5.41 Å². The van der Waals surface area contributed by atoms with Crippen LogP contribution in [0.5, 0.6) is 0 Å². The van der Waals surface area contributed by atoms with Crippen LogP contribution in [0, 0.1) is 12.3 Å². The van der Waals surface area contributed by atoms with Crippen LogP contribution >= 0.6 is 0 Å². The van der Waals surface area contributed by atoms with Crippen molar-refractivity contribution in [3.8, 4) is 0 Å². The molecule has 1 N–H and O–H groups in total. The smallest absolute Gasteiger partial charge is 0.0551 e. The topological polar surface area (TPSA) is 37.4 Å². The van der Waals surface area contributed by atoms with Gasteiger partial charge in [-0.05, 0) is 50.6 Å². The number of benzene rings is 1. The van der Waals surface area contributed by atoms with Gasteiger partial charge in [0.05, 0.1) is 6.61 Å². The highest BCUT2D eigenvalue weighted by molar-refractivity contribution is 5.42. The van der Waals surface area contributed by atoms with E-state index in [1.807, 2.05) is 19.2 Å². The van der Waals surface area contributed by atoms with Crippen LogP contribution in [0.1, 0.15) is 24.6 Å². The number of aromatic nitrogens is 1. The fourth-order valence-electron chi connectivity index (χ4n) is 3.49. The molecule has 4 nitrogen and oxygen atoms in total. The van der Waals surface area contributed by atoms with Gasteiger partial charge in [0.15, 0.2) is 0 Å². The number of anilines is 1. The molecule has 0 spiro atoms. The van der Waals surface area contributed by atoms with Gasteiger partial charge in [-0.15, -0.1) is 0 Å². The Labute approximate surface area is 151 Å². The Balaban J connectivity index is 1.61. The lowest BCUT2D eigenvalue weighted by Gasteiger charge is -2.30. The summed E-state index contributed by atoms with van der Waals surface area (Å²) in [7, 11) is 0. The van der Waals surface area contributed by atoms with E-state index in [0.29, 0.717) is 0 Å². The van der Waals surface area contributed by atoms with Gasteiger partial charge in [0.1, 0.15) is 0 Å². The number of likely N-dealkylation sites (tertiary alicyclic amines) is 1. The first-order chi connectivity index (χ1) is 12.2. The molecule has 0 bridgehead atoms. The minimum atomic E-state index is 0.171. The number of nitrogens with zero attached hydrogens (tertiary/aromatic N) is 2.